The molecule has 1 amide bonds. The molecule has 0 heterocycles. The smallest absolute Gasteiger partial charge is 0.272 e. The predicted octanol–water partition coefficient (Wildman–Crippen LogP) is 1.61. The maximum absolute atomic E-state index is 10.9. The van der Waals surface area contributed by atoms with Crippen LogP contribution in [0.2, 0.25) is 5.02 Å². The van der Waals surface area contributed by atoms with Crippen LogP contribution in [-0.2, 0) is 4.79 Å². The first-order chi connectivity index (χ1) is 8.54. The molecule has 0 atom stereocenters. The highest BCUT2D eigenvalue weighted by atomic mass is 35.5. The number of rotatable bonds is 4. The Morgan fingerprint density at radius 1 is 1.67 bits per heavy atom. The molecule has 0 fully saturated rings. The van der Waals surface area contributed by atoms with Gasteiger partial charge in [-0.25, -0.2) is 5.43 Å². The third kappa shape index (κ3) is 3.84. The van der Waals surface area contributed by atoms with Gasteiger partial charge in [0.15, 0.2) is 0 Å². The Labute approximate surface area is 107 Å². The van der Waals surface area contributed by atoms with E-state index in [4.69, 9.17) is 16.9 Å². The maximum atomic E-state index is 10.9. The molecule has 0 aliphatic carbocycles. The van der Waals surface area contributed by atoms with Crippen LogP contribution < -0.4 is 5.43 Å². The van der Waals surface area contributed by atoms with Crippen LogP contribution in [0.15, 0.2) is 23.3 Å². The van der Waals surface area contributed by atoms with Crippen molar-refractivity contribution in [1.29, 1.82) is 5.26 Å². The van der Waals surface area contributed by atoms with E-state index in [-0.39, 0.29) is 17.1 Å². The fourth-order valence-corrected chi connectivity index (χ4v) is 1.23. The Kier molecular flexibility index (Phi) is 4.78. The molecule has 18 heavy (non-hydrogen) atoms. The second kappa shape index (κ2) is 6.32. The highest BCUT2D eigenvalue weighted by Crippen LogP contribution is 2.24. The van der Waals surface area contributed by atoms with Crippen LogP contribution in [0, 0.1) is 21.4 Å². The highest BCUT2D eigenvalue weighted by molar-refractivity contribution is 6.32. The number of halogens is 1. The number of nitro benzene ring substituents is 1. The van der Waals surface area contributed by atoms with Gasteiger partial charge in [-0.15, -0.1) is 0 Å². The number of nitriles is 1. The third-order valence-corrected chi connectivity index (χ3v) is 2.13. The second-order valence-corrected chi connectivity index (χ2v) is 3.50. The van der Waals surface area contributed by atoms with Crippen LogP contribution in [0.1, 0.15) is 12.0 Å². The van der Waals surface area contributed by atoms with Gasteiger partial charge in [-0.1, -0.05) is 17.7 Å². The molecular formula is C10H7ClN4O3. The standard InChI is InChI=1S/C10H7ClN4O3/c11-8-2-1-7(5-9(8)15(17)18)6-13-14-10(16)3-4-12/h1-2,5-6H,3H2,(H,14,16). The molecule has 1 aromatic rings. The minimum absolute atomic E-state index is 0.0191. The lowest BCUT2D eigenvalue weighted by atomic mass is 10.2. The first kappa shape index (κ1) is 13.6. The first-order valence-corrected chi connectivity index (χ1v) is 5.05. The minimum atomic E-state index is -0.617. The summed E-state index contributed by atoms with van der Waals surface area (Å²) in [6.45, 7) is 0. The Morgan fingerprint density at radius 2 is 2.39 bits per heavy atom. The number of nitro groups is 1. The van der Waals surface area contributed by atoms with Gasteiger partial charge < -0.3 is 0 Å². The van der Waals surface area contributed by atoms with E-state index in [9.17, 15) is 14.9 Å². The van der Waals surface area contributed by atoms with Crippen LogP contribution in [0.4, 0.5) is 5.69 Å². The number of amides is 1. The molecule has 1 rings (SSSR count). The van der Waals surface area contributed by atoms with Crippen LogP contribution in [0.3, 0.4) is 0 Å². The van der Waals surface area contributed by atoms with Crippen molar-refractivity contribution in [3.05, 3.63) is 38.9 Å². The van der Waals surface area contributed by atoms with Crippen molar-refractivity contribution in [3.63, 3.8) is 0 Å². The van der Waals surface area contributed by atoms with E-state index in [1.165, 1.54) is 24.4 Å². The van der Waals surface area contributed by atoms with E-state index in [0.717, 1.165) is 0 Å². The highest BCUT2D eigenvalue weighted by Gasteiger charge is 2.11. The number of benzene rings is 1. The van der Waals surface area contributed by atoms with Gasteiger partial charge in [-0.05, 0) is 6.07 Å². The monoisotopic (exact) mass is 266 g/mol. The number of hydrogen-bond acceptors (Lipinski definition) is 5. The van der Waals surface area contributed by atoms with Crippen molar-refractivity contribution in [2.24, 2.45) is 5.10 Å². The molecule has 0 saturated heterocycles. The zero-order valence-electron chi connectivity index (χ0n) is 8.96. The van der Waals surface area contributed by atoms with Gasteiger partial charge in [-0.2, -0.15) is 10.4 Å². The summed E-state index contributed by atoms with van der Waals surface area (Å²) in [4.78, 5) is 20.9. The van der Waals surface area contributed by atoms with E-state index >= 15 is 0 Å². The van der Waals surface area contributed by atoms with E-state index < -0.39 is 10.8 Å². The number of nitrogens with zero attached hydrogens (tertiary/aromatic N) is 3. The molecule has 0 radical (unpaired) electrons. The van der Waals surface area contributed by atoms with Crippen LogP contribution in [0.25, 0.3) is 0 Å². The fraction of sp³-hybridized carbons (Fsp3) is 0.100. The molecular weight excluding hydrogens is 260 g/mol. The summed E-state index contributed by atoms with van der Waals surface area (Å²) in [6, 6.07) is 5.75. The Bertz CT molecular complexity index is 551. The Balaban J connectivity index is 2.77. The topological polar surface area (TPSA) is 108 Å². The average Bonchev–Trinajstić information content (AvgIpc) is 2.31. The molecule has 0 aliphatic rings. The lowest BCUT2D eigenvalue weighted by Crippen LogP contribution is -2.16. The molecule has 0 saturated carbocycles. The summed E-state index contributed by atoms with van der Waals surface area (Å²) in [5.74, 6) is -0.558. The van der Waals surface area contributed by atoms with Gasteiger partial charge in [0.25, 0.3) is 11.6 Å². The van der Waals surface area contributed by atoms with Crippen molar-refractivity contribution in [2.45, 2.75) is 6.42 Å². The van der Waals surface area contributed by atoms with Gasteiger partial charge >= 0.3 is 0 Å². The largest absolute Gasteiger partial charge is 0.288 e. The molecule has 0 bridgehead atoms. The summed E-state index contributed by atoms with van der Waals surface area (Å²) in [6.07, 6.45) is 0.913. The van der Waals surface area contributed by atoms with Crippen LogP contribution in [-0.4, -0.2) is 17.0 Å². The van der Waals surface area contributed by atoms with Gasteiger partial charge in [-0.3, -0.25) is 14.9 Å². The van der Waals surface area contributed by atoms with Crippen molar-refractivity contribution in [1.82, 2.24) is 5.43 Å². The number of carbonyl (C=O) groups excluding carboxylic acids is 1. The molecule has 0 aliphatic heterocycles. The summed E-state index contributed by atoms with van der Waals surface area (Å²) < 4.78 is 0. The third-order valence-electron chi connectivity index (χ3n) is 1.81. The van der Waals surface area contributed by atoms with Gasteiger partial charge in [0.1, 0.15) is 11.4 Å². The normalized spacial score (nSPS) is 10.0. The molecule has 0 spiro atoms. The van der Waals surface area contributed by atoms with Crippen LogP contribution in [0.5, 0.6) is 0 Å². The van der Waals surface area contributed by atoms with E-state index in [0.29, 0.717) is 5.56 Å². The minimum Gasteiger partial charge on any atom is -0.272 e. The summed E-state index contributed by atoms with van der Waals surface area (Å²) in [5, 5.41) is 22.4. The quantitative estimate of drug-likeness (QED) is 0.507. The van der Waals surface area contributed by atoms with Crippen molar-refractivity contribution < 1.29 is 9.72 Å². The number of carbonyl (C=O) groups is 1. The zero-order chi connectivity index (χ0) is 13.5. The van der Waals surface area contributed by atoms with Crippen molar-refractivity contribution in [2.75, 3.05) is 0 Å². The van der Waals surface area contributed by atoms with E-state index in [1.54, 1.807) is 6.07 Å². The second-order valence-electron chi connectivity index (χ2n) is 3.10. The summed E-state index contributed by atoms with van der Waals surface area (Å²) in [5.41, 5.74) is 2.26. The van der Waals surface area contributed by atoms with E-state index in [1.807, 2.05) is 0 Å². The zero-order valence-corrected chi connectivity index (χ0v) is 9.72. The molecule has 92 valence electrons. The van der Waals surface area contributed by atoms with Crippen molar-refractivity contribution >= 4 is 29.4 Å². The van der Waals surface area contributed by atoms with E-state index in [2.05, 4.69) is 10.5 Å². The molecule has 7 nitrogen and oxygen atoms in total. The van der Waals surface area contributed by atoms with Gasteiger partial charge in [0.2, 0.25) is 0 Å². The predicted molar refractivity (Wildman–Crippen MR) is 64.1 cm³/mol. The molecule has 8 heteroatoms. The Morgan fingerprint density at radius 3 is 3.00 bits per heavy atom. The fourth-order valence-electron chi connectivity index (χ4n) is 1.04. The number of hydrazone groups is 1. The van der Waals surface area contributed by atoms with Crippen molar-refractivity contribution in [3.8, 4) is 6.07 Å². The SMILES string of the molecule is N#CCC(=O)NN=Cc1ccc(Cl)c([N+](=O)[O-])c1. The average molecular weight is 267 g/mol. The van der Waals surface area contributed by atoms with Crippen LogP contribution >= 0.6 is 11.6 Å². The lowest BCUT2D eigenvalue weighted by Gasteiger charge is -1.97. The lowest BCUT2D eigenvalue weighted by molar-refractivity contribution is -0.384. The number of hydrogen-bond donors (Lipinski definition) is 1. The number of nitrogens with one attached hydrogen (secondary N) is 1. The molecule has 0 unspecified atom stereocenters. The molecule has 1 N–H and O–H groups in total. The summed E-state index contributed by atoms with van der Waals surface area (Å²) in [7, 11) is 0. The Hall–Kier alpha value is -2.46. The van der Waals surface area contributed by atoms with Gasteiger partial charge in [0, 0.05) is 11.6 Å². The summed E-state index contributed by atoms with van der Waals surface area (Å²) >= 11 is 5.62. The first-order valence-electron chi connectivity index (χ1n) is 4.67. The molecule has 1 aromatic carbocycles. The van der Waals surface area contributed by atoms with Gasteiger partial charge in [0.05, 0.1) is 17.2 Å². The maximum Gasteiger partial charge on any atom is 0.288 e. The molecule has 0 aromatic heterocycles.